The molecule has 0 bridgehead atoms. The van der Waals surface area contributed by atoms with Gasteiger partial charge in [0.2, 0.25) is 0 Å². The number of hydrogen-bond acceptors (Lipinski definition) is 4. The molecule has 20 heavy (non-hydrogen) atoms. The number of benzene rings is 1. The maximum Gasteiger partial charge on any atom is 0.339 e. The molecule has 1 aromatic rings. The van der Waals surface area contributed by atoms with Gasteiger partial charge in [0.05, 0.1) is 22.2 Å². The van der Waals surface area contributed by atoms with E-state index >= 15 is 0 Å². The number of carbonyl (C=O) groups is 1. The van der Waals surface area contributed by atoms with E-state index in [2.05, 4.69) is 15.9 Å². The van der Waals surface area contributed by atoms with E-state index in [0.29, 0.717) is 22.3 Å². The zero-order valence-electron chi connectivity index (χ0n) is 11.2. The number of nitrogens with two attached hydrogens (primary N) is 1. The summed E-state index contributed by atoms with van der Waals surface area (Å²) >= 11 is 3.34. The number of carbonyl (C=O) groups excluding carboxylic acids is 1. The predicted molar refractivity (Wildman–Crippen MR) is 79.5 cm³/mol. The molecule has 0 aromatic heterocycles. The molecular formula is C15H18BrNO3. The summed E-state index contributed by atoms with van der Waals surface area (Å²) in [5.41, 5.74) is 6.80. The molecule has 2 N–H and O–H groups in total. The molecule has 0 radical (unpaired) electrons. The van der Waals surface area contributed by atoms with Crippen molar-refractivity contribution in [3.05, 3.63) is 28.2 Å². The van der Waals surface area contributed by atoms with Crippen molar-refractivity contribution >= 4 is 27.6 Å². The lowest BCUT2D eigenvalue weighted by molar-refractivity contribution is -0.159. The highest BCUT2D eigenvalue weighted by Crippen LogP contribution is 2.43. The third kappa shape index (κ3) is 2.56. The number of halogens is 1. The summed E-state index contributed by atoms with van der Waals surface area (Å²) in [6.45, 7) is 0.677. The lowest BCUT2D eigenvalue weighted by Gasteiger charge is -2.46. The summed E-state index contributed by atoms with van der Waals surface area (Å²) in [4.78, 5) is 12.3. The van der Waals surface area contributed by atoms with E-state index in [4.69, 9.17) is 15.2 Å². The second-order valence-corrected chi connectivity index (χ2v) is 6.41. The lowest BCUT2D eigenvalue weighted by atomic mass is 9.74. The number of anilines is 1. The Morgan fingerprint density at radius 2 is 2.25 bits per heavy atom. The zero-order chi connectivity index (χ0) is 14.2. The summed E-state index contributed by atoms with van der Waals surface area (Å²) in [6.07, 6.45) is 4.92. The Balaban J connectivity index is 1.68. The van der Waals surface area contributed by atoms with Crippen LogP contribution in [0, 0.1) is 0 Å². The van der Waals surface area contributed by atoms with Crippen molar-refractivity contribution in [2.75, 3.05) is 12.3 Å². The van der Waals surface area contributed by atoms with E-state index in [1.165, 1.54) is 6.42 Å². The van der Waals surface area contributed by atoms with Crippen LogP contribution in [0.5, 0.6) is 0 Å². The summed E-state index contributed by atoms with van der Waals surface area (Å²) in [5.74, 6) is -0.314. The molecule has 1 spiro atoms. The van der Waals surface area contributed by atoms with Gasteiger partial charge in [-0.05, 0) is 47.3 Å². The first kappa shape index (κ1) is 13.9. The molecular weight excluding hydrogens is 322 g/mol. The fourth-order valence-electron chi connectivity index (χ4n) is 2.93. The lowest BCUT2D eigenvalue weighted by Crippen LogP contribution is -2.48. The van der Waals surface area contributed by atoms with Gasteiger partial charge in [-0.1, -0.05) is 6.07 Å². The van der Waals surface area contributed by atoms with Crippen LogP contribution < -0.4 is 5.73 Å². The Kier molecular flexibility index (Phi) is 3.73. The number of esters is 1. The molecule has 1 aliphatic carbocycles. The molecule has 5 heteroatoms. The Bertz CT molecular complexity index is 528. The van der Waals surface area contributed by atoms with Gasteiger partial charge in [-0.25, -0.2) is 4.79 Å². The topological polar surface area (TPSA) is 61.6 Å². The second kappa shape index (κ2) is 5.37. The first-order valence-electron chi connectivity index (χ1n) is 6.99. The van der Waals surface area contributed by atoms with Crippen molar-refractivity contribution in [3.8, 4) is 0 Å². The monoisotopic (exact) mass is 339 g/mol. The minimum atomic E-state index is -0.314. The molecule has 1 saturated carbocycles. The van der Waals surface area contributed by atoms with Crippen molar-refractivity contribution in [3.63, 3.8) is 0 Å². The van der Waals surface area contributed by atoms with Crippen LogP contribution in [0.4, 0.5) is 5.69 Å². The Labute approximate surface area is 126 Å². The molecule has 4 nitrogen and oxygen atoms in total. The molecule has 0 amide bonds. The average molecular weight is 340 g/mol. The van der Waals surface area contributed by atoms with Crippen LogP contribution in [0.3, 0.4) is 0 Å². The molecule has 2 aliphatic rings. The summed E-state index contributed by atoms with van der Waals surface area (Å²) in [7, 11) is 0. The van der Waals surface area contributed by atoms with Gasteiger partial charge in [-0.3, -0.25) is 0 Å². The van der Waals surface area contributed by atoms with Crippen molar-refractivity contribution < 1.29 is 14.3 Å². The summed E-state index contributed by atoms with van der Waals surface area (Å²) < 4.78 is 12.1. The minimum Gasteiger partial charge on any atom is -0.459 e. The van der Waals surface area contributed by atoms with Gasteiger partial charge in [-0.15, -0.1) is 0 Å². The maximum atomic E-state index is 12.3. The zero-order valence-corrected chi connectivity index (χ0v) is 12.8. The van der Waals surface area contributed by atoms with Crippen molar-refractivity contribution in [2.45, 2.75) is 43.8 Å². The molecule has 1 saturated heterocycles. The molecule has 1 atom stereocenters. The van der Waals surface area contributed by atoms with Gasteiger partial charge < -0.3 is 15.2 Å². The minimum absolute atomic E-state index is 0.0177. The van der Waals surface area contributed by atoms with Gasteiger partial charge >= 0.3 is 5.97 Å². The third-order valence-electron chi connectivity index (χ3n) is 4.23. The largest absolute Gasteiger partial charge is 0.459 e. The standard InChI is InChI=1S/C15H18BrNO3/c16-13-11(3-1-4-12(13)17)14(18)20-10-5-8-19-15(9-10)6-2-7-15/h1,3-4,10H,2,5-9,17H2. The van der Waals surface area contributed by atoms with Crippen LogP contribution in [0.15, 0.2) is 22.7 Å². The van der Waals surface area contributed by atoms with Crippen molar-refractivity contribution in [1.29, 1.82) is 0 Å². The quantitative estimate of drug-likeness (QED) is 0.663. The van der Waals surface area contributed by atoms with Crippen LogP contribution in [0.25, 0.3) is 0 Å². The number of hydrogen-bond donors (Lipinski definition) is 1. The van der Waals surface area contributed by atoms with Gasteiger partial charge in [0.25, 0.3) is 0 Å². The average Bonchev–Trinajstić information content (AvgIpc) is 2.40. The number of ether oxygens (including phenoxy) is 2. The first-order valence-corrected chi connectivity index (χ1v) is 7.78. The Morgan fingerprint density at radius 1 is 1.45 bits per heavy atom. The van der Waals surface area contributed by atoms with Crippen LogP contribution in [-0.4, -0.2) is 24.3 Å². The van der Waals surface area contributed by atoms with Gasteiger partial charge in [0, 0.05) is 18.5 Å². The second-order valence-electron chi connectivity index (χ2n) is 5.61. The van der Waals surface area contributed by atoms with E-state index < -0.39 is 0 Å². The SMILES string of the molecule is Nc1cccc(C(=O)OC2CCOC3(CCC3)C2)c1Br. The van der Waals surface area contributed by atoms with E-state index in [0.717, 1.165) is 25.7 Å². The Morgan fingerprint density at radius 3 is 2.95 bits per heavy atom. The van der Waals surface area contributed by atoms with Crippen molar-refractivity contribution in [2.24, 2.45) is 0 Å². The van der Waals surface area contributed by atoms with Gasteiger partial charge in [0.15, 0.2) is 0 Å². The smallest absolute Gasteiger partial charge is 0.339 e. The fourth-order valence-corrected chi connectivity index (χ4v) is 3.35. The molecule has 1 heterocycles. The summed E-state index contributed by atoms with van der Waals surface area (Å²) in [6, 6.07) is 5.23. The first-order chi connectivity index (χ1) is 9.60. The highest BCUT2D eigenvalue weighted by Gasteiger charge is 2.43. The Hall–Kier alpha value is -1.07. The maximum absolute atomic E-state index is 12.3. The summed E-state index contributed by atoms with van der Waals surface area (Å²) in [5, 5.41) is 0. The molecule has 108 valence electrons. The molecule has 1 aromatic carbocycles. The van der Waals surface area contributed by atoms with Crippen molar-refractivity contribution in [1.82, 2.24) is 0 Å². The normalized spacial score (nSPS) is 24.1. The molecule has 1 aliphatic heterocycles. The fraction of sp³-hybridized carbons (Fsp3) is 0.533. The van der Waals surface area contributed by atoms with Crippen LogP contribution in [-0.2, 0) is 9.47 Å². The van der Waals surface area contributed by atoms with E-state index in [1.54, 1.807) is 18.2 Å². The molecule has 2 fully saturated rings. The highest BCUT2D eigenvalue weighted by molar-refractivity contribution is 9.10. The number of rotatable bonds is 2. The van der Waals surface area contributed by atoms with E-state index in [-0.39, 0.29) is 17.7 Å². The van der Waals surface area contributed by atoms with Crippen LogP contribution in [0.2, 0.25) is 0 Å². The van der Waals surface area contributed by atoms with E-state index in [1.807, 2.05) is 0 Å². The molecule has 1 unspecified atom stereocenters. The predicted octanol–water partition coefficient (Wildman–Crippen LogP) is 3.29. The van der Waals surface area contributed by atoms with Gasteiger partial charge in [0.1, 0.15) is 6.10 Å². The van der Waals surface area contributed by atoms with Crippen LogP contribution >= 0.6 is 15.9 Å². The van der Waals surface area contributed by atoms with Crippen LogP contribution in [0.1, 0.15) is 42.5 Å². The third-order valence-corrected chi connectivity index (χ3v) is 5.12. The van der Waals surface area contributed by atoms with E-state index in [9.17, 15) is 4.79 Å². The molecule has 3 rings (SSSR count). The highest BCUT2D eigenvalue weighted by atomic mass is 79.9. The van der Waals surface area contributed by atoms with Gasteiger partial charge in [-0.2, -0.15) is 0 Å². The number of nitrogen functional groups attached to an aromatic ring is 1.